The molecule has 106 valence electrons. The Morgan fingerprint density at radius 2 is 1.75 bits per heavy atom. The third-order valence-corrected chi connectivity index (χ3v) is 2.99. The van der Waals surface area contributed by atoms with Crippen molar-refractivity contribution < 1.29 is 9.84 Å². The van der Waals surface area contributed by atoms with Crippen molar-refractivity contribution in [3.05, 3.63) is 65.7 Å². The van der Waals surface area contributed by atoms with Gasteiger partial charge in [-0.15, -0.1) is 0 Å². The second-order valence-corrected chi connectivity index (χ2v) is 4.74. The molecular formula is C17H21NO2. The van der Waals surface area contributed by atoms with E-state index in [4.69, 9.17) is 4.74 Å². The van der Waals surface area contributed by atoms with Gasteiger partial charge in [0, 0.05) is 13.2 Å². The average molecular weight is 271 g/mol. The van der Waals surface area contributed by atoms with Crippen LogP contribution in [0.3, 0.4) is 0 Å². The molecule has 3 nitrogen and oxygen atoms in total. The highest BCUT2D eigenvalue weighted by Gasteiger charge is 1.95. The van der Waals surface area contributed by atoms with Gasteiger partial charge in [0.25, 0.3) is 0 Å². The molecule has 0 saturated heterocycles. The number of benzene rings is 2. The Morgan fingerprint density at radius 1 is 0.950 bits per heavy atom. The highest BCUT2D eigenvalue weighted by Crippen LogP contribution is 2.11. The van der Waals surface area contributed by atoms with Gasteiger partial charge in [0.05, 0.1) is 6.61 Å². The molecule has 2 rings (SSSR count). The zero-order valence-corrected chi connectivity index (χ0v) is 11.6. The maximum absolute atomic E-state index is 9.33. The molecule has 0 aliphatic carbocycles. The molecule has 0 fully saturated rings. The highest BCUT2D eigenvalue weighted by atomic mass is 16.5. The minimum atomic E-state index is 0.288. The number of nitrogens with one attached hydrogen (secondary N) is 1. The van der Waals surface area contributed by atoms with Gasteiger partial charge in [-0.25, -0.2) is 0 Å². The Morgan fingerprint density at radius 3 is 2.55 bits per heavy atom. The first-order chi connectivity index (χ1) is 9.84. The standard InChI is InChI=1S/C17H21NO2/c19-17-9-4-8-16(12-17)14-20-11-5-10-18-13-15-6-2-1-3-7-15/h1-4,6-9,12,18-19H,5,10-11,13-14H2. The second kappa shape index (κ2) is 8.35. The van der Waals surface area contributed by atoms with E-state index in [1.54, 1.807) is 12.1 Å². The molecule has 0 unspecified atom stereocenters. The number of phenolic OH excluding ortho intramolecular Hbond substituents is 1. The van der Waals surface area contributed by atoms with Crippen LogP contribution in [0.1, 0.15) is 17.5 Å². The van der Waals surface area contributed by atoms with Crippen LogP contribution in [0.2, 0.25) is 0 Å². The summed E-state index contributed by atoms with van der Waals surface area (Å²) in [6.07, 6.45) is 0.978. The van der Waals surface area contributed by atoms with E-state index in [1.165, 1.54) is 5.56 Å². The molecule has 0 atom stereocenters. The minimum absolute atomic E-state index is 0.288. The summed E-state index contributed by atoms with van der Waals surface area (Å²) >= 11 is 0. The highest BCUT2D eigenvalue weighted by molar-refractivity contribution is 5.26. The van der Waals surface area contributed by atoms with Gasteiger partial charge >= 0.3 is 0 Å². The van der Waals surface area contributed by atoms with Crippen molar-refractivity contribution in [2.75, 3.05) is 13.2 Å². The molecule has 2 N–H and O–H groups in total. The van der Waals surface area contributed by atoms with Crippen LogP contribution in [0.25, 0.3) is 0 Å². The van der Waals surface area contributed by atoms with E-state index in [1.807, 2.05) is 18.2 Å². The van der Waals surface area contributed by atoms with E-state index in [0.717, 1.165) is 31.7 Å². The van der Waals surface area contributed by atoms with Gasteiger partial charge in [-0.1, -0.05) is 42.5 Å². The van der Waals surface area contributed by atoms with E-state index in [2.05, 4.69) is 29.6 Å². The van der Waals surface area contributed by atoms with Gasteiger partial charge in [-0.3, -0.25) is 0 Å². The fourth-order valence-corrected chi connectivity index (χ4v) is 1.96. The summed E-state index contributed by atoms with van der Waals surface area (Å²) in [6.45, 7) is 3.10. The molecule has 0 aliphatic heterocycles. The first kappa shape index (κ1) is 14.6. The largest absolute Gasteiger partial charge is 0.508 e. The summed E-state index contributed by atoms with van der Waals surface area (Å²) in [5, 5.41) is 12.7. The normalized spacial score (nSPS) is 10.6. The van der Waals surface area contributed by atoms with Crippen LogP contribution in [0.15, 0.2) is 54.6 Å². The fourth-order valence-electron chi connectivity index (χ4n) is 1.96. The van der Waals surface area contributed by atoms with Crippen molar-refractivity contribution in [1.82, 2.24) is 5.32 Å². The summed E-state index contributed by atoms with van der Waals surface area (Å²) in [7, 11) is 0. The van der Waals surface area contributed by atoms with Gasteiger partial charge in [-0.2, -0.15) is 0 Å². The Labute approximate surface area is 120 Å². The average Bonchev–Trinajstić information content (AvgIpc) is 2.47. The van der Waals surface area contributed by atoms with Crippen molar-refractivity contribution in [2.24, 2.45) is 0 Å². The van der Waals surface area contributed by atoms with E-state index < -0.39 is 0 Å². The van der Waals surface area contributed by atoms with Gasteiger partial charge in [0.15, 0.2) is 0 Å². The van der Waals surface area contributed by atoms with Crippen LogP contribution in [0, 0.1) is 0 Å². The van der Waals surface area contributed by atoms with Crippen LogP contribution in [0.4, 0.5) is 0 Å². The van der Waals surface area contributed by atoms with Crippen LogP contribution < -0.4 is 5.32 Å². The van der Waals surface area contributed by atoms with E-state index >= 15 is 0 Å². The quantitative estimate of drug-likeness (QED) is 0.725. The van der Waals surface area contributed by atoms with Gasteiger partial charge in [0.1, 0.15) is 5.75 Å². The van der Waals surface area contributed by atoms with E-state index in [9.17, 15) is 5.11 Å². The summed E-state index contributed by atoms with van der Waals surface area (Å²) in [4.78, 5) is 0. The zero-order valence-electron chi connectivity index (χ0n) is 11.6. The van der Waals surface area contributed by atoms with Gasteiger partial charge in [0.2, 0.25) is 0 Å². The number of hydrogen-bond donors (Lipinski definition) is 2. The Hall–Kier alpha value is -1.84. The maximum Gasteiger partial charge on any atom is 0.115 e. The lowest BCUT2D eigenvalue weighted by Crippen LogP contribution is -2.16. The molecule has 2 aromatic rings. The maximum atomic E-state index is 9.33. The van der Waals surface area contributed by atoms with Crippen molar-refractivity contribution in [3.63, 3.8) is 0 Å². The fraction of sp³-hybridized carbons (Fsp3) is 0.294. The van der Waals surface area contributed by atoms with Crippen molar-refractivity contribution in [1.29, 1.82) is 0 Å². The molecule has 3 heteroatoms. The lowest BCUT2D eigenvalue weighted by Gasteiger charge is -2.06. The lowest BCUT2D eigenvalue weighted by atomic mass is 10.2. The van der Waals surface area contributed by atoms with E-state index in [-0.39, 0.29) is 5.75 Å². The number of phenols is 1. The molecular weight excluding hydrogens is 250 g/mol. The van der Waals surface area contributed by atoms with Crippen molar-refractivity contribution in [2.45, 2.75) is 19.6 Å². The summed E-state index contributed by atoms with van der Waals surface area (Å²) in [5.74, 6) is 0.288. The Kier molecular flexibility index (Phi) is 6.08. The first-order valence-electron chi connectivity index (χ1n) is 6.95. The molecule has 2 aromatic carbocycles. The number of rotatable bonds is 8. The number of hydrogen-bond acceptors (Lipinski definition) is 3. The van der Waals surface area contributed by atoms with E-state index in [0.29, 0.717) is 6.61 Å². The van der Waals surface area contributed by atoms with Crippen LogP contribution >= 0.6 is 0 Å². The molecule has 0 saturated carbocycles. The molecule has 0 aromatic heterocycles. The molecule has 0 amide bonds. The SMILES string of the molecule is Oc1cccc(COCCCNCc2ccccc2)c1. The van der Waals surface area contributed by atoms with Gasteiger partial charge in [-0.05, 0) is 36.2 Å². The minimum Gasteiger partial charge on any atom is -0.508 e. The Balaban J connectivity index is 1.52. The third kappa shape index (κ3) is 5.43. The van der Waals surface area contributed by atoms with Crippen LogP contribution in [0.5, 0.6) is 5.75 Å². The first-order valence-corrected chi connectivity index (χ1v) is 6.95. The monoisotopic (exact) mass is 271 g/mol. The van der Waals surface area contributed by atoms with Crippen molar-refractivity contribution >= 4 is 0 Å². The number of aromatic hydroxyl groups is 1. The molecule has 20 heavy (non-hydrogen) atoms. The zero-order chi connectivity index (χ0) is 14.0. The summed E-state index contributed by atoms with van der Waals surface area (Å²) < 4.78 is 5.58. The summed E-state index contributed by atoms with van der Waals surface area (Å²) in [5.41, 5.74) is 2.30. The third-order valence-electron chi connectivity index (χ3n) is 2.99. The number of ether oxygens (including phenoxy) is 1. The Bertz CT molecular complexity index is 499. The van der Waals surface area contributed by atoms with Crippen molar-refractivity contribution in [3.8, 4) is 5.75 Å². The second-order valence-electron chi connectivity index (χ2n) is 4.74. The van der Waals surface area contributed by atoms with Crippen LogP contribution in [-0.2, 0) is 17.9 Å². The molecule has 0 bridgehead atoms. The lowest BCUT2D eigenvalue weighted by molar-refractivity contribution is 0.118. The molecule has 0 radical (unpaired) electrons. The predicted octanol–water partition coefficient (Wildman–Crippen LogP) is 3.09. The predicted molar refractivity (Wildman–Crippen MR) is 80.5 cm³/mol. The molecule has 0 spiro atoms. The topological polar surface area (TPSA) is 41.5 Å². The molecule has 0 heterocycles. The van der Waals surface area contributed by atoms with Crippen LogP contribution in [-0.4, -0.2) is 18.3 Å². The summed E-state index contributed by atoms with van der Waals surface area (Å²) in [6, 6.07) is 17.5. The smallest absolute Gasteiger partial charge is 0.115 e. The molecule has 0 aliphatic rings. The van der Waals surface area contributed by atoms with Gasteiger partial charge < -0.3 is 15.2 Å².